The van der Waals surface area contributed by atoms with Gasteiger partial charge in [0.25, 0.3) is 10.0 Å². The maximum Gasteiger partial charge on any atom is 0.325 e. The molecular weight excluding hydrogens is 362 g/mol. The summed E-state index contributed by atoms with van der Waals surface area (Å²) >= 11 is 3.33. The molecule has 0 unspecified atom stereocenters. The summed E-state index contributed by atoms with van der Waals surface area (Å²) in [5, 5.41) is 12.3. The molecule has 0 saturated heterocycles. The summed E-state index contributed by atoms with van der Waals surface area (Å²) in [6, 6.07) is 5.04. The zero-order valence-electron chi connectivity index (χ0n) is 10.9. The van der Waals surface area contributed by atoms with Crippen molar-refractivity contribution in [2.45, 2.75) is 18.4 Å². The Morgan fingerprint density at radius 2 is 2.19 bits per heavy atom. The molecule has 0 aliphatic heterocycles. The smallest absolute Gasteiger partial charge is 0.325 e. The summed E-state index contributed by atoms with van der Waals surface area (Å²) in [7, 11) is -3.80. The first kappa shape index (κ1) is 15.5. The molecule has 0 amide bonds. The van der Waals surface area contributed by atoms with Crippen molar-refractivity contribution in [1.29, 1.82) is 0 Å². The first-order valence-electron chi connectivity index (χ1n) is 5.81. The molecule has 0 spiro atoms. The van der Waals surface area contributed by atoms with Crippen molar-refractivity contribution in [3.63, 3.8) is 0 Å². The number of aromatic nitrogens is 2. The molecule has 0 atom stereocenters. The summed E-state index contributed by atoms with van der Waals surface area (Å²) in [5.41, 5.74) is 1.30. The number of carboxylic acids is 1. The Morgan fingerprint density at radius 1 is 1.48 bits per heavy atom. The second kappa shape index (κ2) is 5.86. The van der Waals surface area contributed by atoms with Gasteiger partial charge in [0.1, 0.15) is 11.4 Å². The molecule has 2 rings (SSSR count). The van der Waals surface area contributed by atoms with E-state index in [0.717, 1.165) is 20.9 Å². The van der Waals surface area contributed by atoms with Crippen molar-refractivity contribution in [3.8, 4) is 0 Å². The highest BCUT2D eigenvalue weighted by atomic mass is 79.9. The fraction of sp³-hybridized carbons (Fsp3) is 0.167. The molecule has 0 saturated carbocycles. The predicted octanol–water partition coefficient (Wildman–Crippen LogP) is 1.84. The van der Waals surface area contributed by atoms with Crippen LogP contribution in [0, 0.1) is 6.92 Å². The third kappa shape index (κ3) is 3.82. The summed E-state index contributed by atoms with van der Waals surface area (Å²) in [6.07, 6.45) is 2.28. The van der Waals surface area contributed by atoms with E-state index in [-0.39, 0.29) is 4.90 Å². The second-order valence-corrected chi connectivity index (χ2v) is 6.87. The SMILES string of the molecule is Cc1cc(NS(=O)(=O)c2cnn(CC(=O)O)c2)ccc1Br. The molecule has 0 aliphatic rings. The molecule has 112 valence electrons. The van der Waals surface area contributed by atoms with Gasteiger partial charge in [-0.25, -0.2) is 8.42 Å². The topological polar surface area (TPSA) is 101 Å². The minimum absolute atomic E-state index is 0.0932. The van der Waals surface area contributed by atoms with Gasteiger partial charge in [0.05, 0.1) is 6.20 Å². The van der Waals surface area contributed by atoms with E-state index in [9.17, 15) is 13.2 Å². The average Bonchev–Trinajstić information content (AvgIpc) is 2.82. The van der Waals surface area contributed by atoms with Crippen LogP contribution in [0.2, 0.25) is 0 Å². The number of benzene rings is 1. The van der Waals surface area contributed by atoms with Crippen LogP contribution in [0.4, 0.5) is 5.69 Å². The van der Waals surface area contributed by atoms with E-state index in [1.165, 1.54) is 6.20 Å². The maximum absolute atomic E-state index is 12.2. The summed E-state index contributed by atoms with van der Waals surface area (Å²) in [5.74, 6) is -1.10. The van der Waals surface area contributed by atoms with E-state index in [0.29, 0.717) is 5.69 Å². The lowest BCUT2D eigenvalue weighted by Gasteiger charge is -2.07. The maximum atomic E-state index is 12.2. The lowest BCUT2D eigenvalue weighted by molar-refractivity contribution is -0.137. The molecule has 7 nitrogen and oxygen atoms in total. The van der Waals surface area contributed by atoms with Crippen molar-refractivity contribution in [2.75, 3.05) is 4.72 Å². The van der Waals surface area contributed by atoms with Crippen LogP contribution in [-0.4, -0.2) is 29.3 Å². The Hall–Kier alpha value is -1.87. The largest absolute Gasteiger partial charge is 0.480 e. The molecule has 1 aromatic carbocycles. The van der Waals surface area contributed by atoms with Crippen LogP contribution in [-0.2, 0) is 21.4 Å². The Balaban J connectivity index is 2.23. The van der Waals surface area contributed by atoms with E-state index in [2.05, 4.69) is 25.8 Å². The van der Waals surface area contributed by atoms with Gasteiger partial charge in [0.2, 0.25) is 0 Å². The standard InChI is InChI=1S/C12H12BrN3O4S/c1-8-4-9(2-3-11(8)13)15-21(19,20)10-5-14-16(6-10)7-12(17)18/h2-6,15H,7H2,1H3,(H,17,18). The highest BCUT2D eigenvalue weighted by molar-refractivity contribution is 9.10. The van der Waals surface area contributed by atoms with Crippen LogP contribution in [0.3, 0.4) is 0 Å². The molecular formula is C12H12BrN3O4S. The lowest BCUT2D eigenvalue weighted by atomic mass is 10.2. The Bertz CT molecular complexity index is 786. The first-order valence-corrected chi connectivity index (χ1v) is 8.09. The number of hydrogen-bond donors (Lipinski definition) is 2. The van der Waals surface area contributed by atoms with E-state index < -0.39 is 22.5 Å². The molecule has 21 heavy (non-hydrogen) atoms. The minimum Gasteiger partial charge on any atom is -0.480 e. The van der Waals surface area contributed by atoms with Gasteiger partial charge in [-0.2, -0.15) is 5.10 Å². The number of carboxylic acid groups (broad SMARTS) is 1. The molecule has 9 heteroatoms. The average molecular weight is 374 g/mol. The number of rotatable bonds is 5. The van der Waals surface area contributed by atoms with Gasteiger partial charge >= 0.3 is 5.97 Å². The summed E-state index contributed by atoms with van der Waals surface area (Å²) in [4.78, 5) is 10.5. The highest BCUT2D eigenvalue weighted by Crippen LogP contribution is 2.22. The van der Waals surface area contributed by atoms with Crippen molar-refractivity contribution in [2.24, 2.45) is 0 Å². The molecule has 1 heterocycles. The number of hydrogen-bond acceptors (Lipinski definition) is 4. The van der Waals surface area contributed by atoms with E-state index in [4.69, 9.17) is 5.11 Å². The van der Waals surface area contributed by atoms with Crippen LogP contribution in [0.15, 0.2) is 40.0 Å². The lowest BCUT2D eigenvalue weighted by Crippen LogP contribution is -2.13. The van der Waals surface area contributed by atoms with Crippen LogP contribution in [0.25, 0.3) is 0 Å². The molecule has 1 aromatic heterocycles. The van der Waals surface area contributed by atoms with Crippen LogP contribution < -0.4 is 4.72 Å². The quantitative estimate of drug-likeness (QED) is 0.832. The Kier molecular flexibility index (Phi) is 4.33. The number of sulfonamides is 1. The van der Waals surface area contributed by atoms with Gasteiger partial charge in [-0.05, 0) is 30.7 Å². The number of anilines is 1. The minimum atomic E-state index is -3.80. The first-order chi connectivity index (χ1) is 9.78. The highest BCUT2D eigenvalue weighted by Gasteiger charge is 2.17. The van der Waals surface area contributed by atoms with Gasteiger partial charge in [0.15, 0.2) is 0 Å². The number of aryl methyl sites for hydroxylation is 1. The predicted molar refractivity (Wildman–Crippen MR) is 79.6 cm³/mol. The van der Waals surface area contributed by atoms with Gasteiger partial charge in [-0.1, -0.05) is 15.9 Å². The zero-order chi connectivity index (χ0) is 15.6. The van der Waals surface area contributed by atoms with E-state index >= 15 is 0 Å². The Morgan fingerprint density at radius 3 is 2.81 bits per heavy atom. The van der Waals surface area contributed by atoms with Crippen molar-refractivity contribution in [1.82, 2.24) is 9.78 Å². The van der Waals surface area contributed by atoms with Crippen molar-refractivity contribution < 1.29 is 18.3 Å². The molecule has 0 fully saturated rings. The third-order valence-electron chi connectivity index (χ3n) is 2.63. The molecule has 0 bridgehead atoms. The molecule has 0 aliphatic carbocycles. The Labute approximate surface area is 129 Å². The summed E-state index contributed by atoms with van der Waals surface area (Å²) in [6.45, 7) is 1.44. The fourth-order valence-electron chi connectivity index (χ4n) is 1.63. The van der Waals surface area contributed by atoms with E-state index in [1.807, 2.05) is 6.92 Å². The number of carbonyl (C=O) groups is 1. The monoisotopic (exact) mass is 373 g/mol. The van der Waals surface area contributed by atoms with Crippen LogP contribution in [0.1, 0.15) is 5.56 Å². The zero-order valence-corrected chi connectivity index (χ0v) is 13.3. The molecule has 2 N–H and O–H groups in total. The number of nitrogens with zero attached hydrogens (tertiary/aromatic N) is 2. The van der Waals surface area contributed by atoms with Crippen LogP contribution in [0.5, 0.6) is 0 Å². The normalized spacial score (nSPS) is 11.3. The van der Waals surface area contributed by atoms with Crippen molar-refractivity contribution >= 4 is 37.6 Å². The molecule has 0 radical (unpaired) electrons. The molecule has 2 aromatic rings. The van der Waals surface area contributed by atoms with Crippen LogP contribution >= 0.6 is 15.9 Å². The number of nitrogens with one attached hydrogen (secondary N) is 1. The van der Waals surface area contributed by atoms with E-state index in [1.54, 1.807) is 18.2 Å². The van der Waals surface area contributed by atoms with Gasteiger partial charge in [-0.3, -0.25) is 14.2 Å². The van der Waals surface area contributed by atoms with Gasteiger partial charge < -0.3 is 5.11 Å². The summed E-state index contributed by atoms with van der Waals surface area (Å²) < 4.78 is 28.7. The van der Waals surface area contributed by atoms with Gasteiger partial charge in [-0.15, -0.1) is 0 Å². The third-order valence-corrected chi connectivity index (χ3v) is 4.85. The fourth-order valence-corrected chi connectivity index (χ4v) is 2.88. The second-order valence-electron chi connectivity index (χ2n) is 4.34. The number of aliphatic carboxylic acids is 1. The van der Waals surface area contributed by atoms with Crippen molar-refractivity contribution in [3.05, 3.63) is 40.6 Å². The number of halogens is 1. The van der Waals surface area contributed by atoms with Gasteiger partial charge in [0, 0.05) is 16.4 Å².